The van der Waals surface area contributed by atoms with Crippen molar-refractivity contribution < 1.29 is 14.4 Å². The summed E-state index contributed by atoms with van der Waals surface area (Å²) in [5.41, 5.74) is -0.172. The van der Waals surface area contributed by atoms with E-state index in [1.807, 2.05) is 69.9 Å². The summed E-state index contributed by atoms with van der Waals surface area (Å²) in [7, 11) is 0. The van der Waals surface area contributed by atoms with Gasteiger partial charge in [-0.2, -0.15) is 0 Å². The van der Waals surface area contributed by atoms with Crippen LogP contribution in [-0.4, -0.2) is 77.4 Å². The molecule has 0 N–H and O–H groups in total. The van der Waals surface area contributed by atoms with Gasteiger partial charge in [0.15, 0.2) is 0 Å². The maximum Gasteiger partial charge on any atom is 0.250 e. The molecule has 3 amide bonds. The minimum Gasteiger partial charge on any atom is -0.342 e. The van der Waals surface area contributed by atoms with Gasteiger partial charge in [0.05, 0.1) is 6.67 Å². The molecule has 2 aliphatic heterocycles. The highest BCUT2D eigenvalue weighted by atomic mass is 16.2. The number of carbonyl (C=O) groups is 3. The topological polar surface area (TPSA) is 64.2 Å². The van der Waals surface area contributed by atoms with E-state index in [2.05, 4.69) is 4.90 Å². The second kappa shape index (κ2) is 8.89. The summed E-state index contributed by atoms with van der Waals surface area (Å²) in [5, 5.41) is 0. The van der Waals surface area contributed by atoms with Crippen LogP contribution in [0.2, 0.25) is 0 Å². The number of nitrogens with zero attached hydrogens (tertiary/aromatic N) is 4. The number of anilines is 1. The molecular formula is C24H36N4O3. The van der Waals surface area contributed by atoms with Crippen LogP contribution >= 0.6 is 0 Å². The minimum atomic E-state index is -0.709. The van der Waals surface area contributed by atoms with Crippen LogP contribution in [0.1, 0.15) is 47.5 Å². The zero-order chi connectivity index (χ0) is 22.8. The second-order valence-electron chi connectivity index (χ2n) is 9.55. The van der Waals surface area contributed by atoms with Crippen LogP contribution in [0.5, 0.6) is 0 Å². The molecule has 1 spiro atoms. The van der Waals surface area contributed by atoms with Crippen molar-refractivity contribution >= 4 is 23.4 Å². The molecular weight excluding hydrogens is 392 g/mol. The summed E-state index contributed by atoms with van der Waals surface area (Å²) in [4.78, 5) is 46.7. The van der Waals surface area contributed by atoms with Gasteiger partial charge in [0.25, 0.3) is 5.91 Å². The molecule has 3 rings (SSSR count). The van der Waals surface area contributed by atoms with Gasteiger partial charge in [-0.1, -0.05) is 39.0 Å². The molecule has 7 heteroatoms. The summed E-state index contributed by atoms with van der Waals surface area (Å²) in [6.07, 6.45) is 1.14. The van der Waals surface area contributed by atoms with Crippen molar-refractivity contribution in [1.29, 1.82) is 0 Å². The fourth-order valence-electron chi connectivity index (χ4n) is 4.72. The van der Waals surface area contributed by atoms with Gasteiger partial charge in [0.1, 0.15) is 12.1 Å². The van der Waals surface area contributed by atoms with Crippen LogP contribution in [0.4, 0.5) is 5.69 Å². The molecule has 0 aliphatic carbocycles. The Labute approximate surface area is 186 Å². The van der Waals surface area contributed by atoms with Crippen molar-refractivity contribution in [2.75, 3.05) is 44.3 Å². The van der Waals surface area contributed by atoms with E-state index in [1.54, 1.807) is 9.80 Å². The van der Waals surface area contributed by atoms with E-state index in [-0.39, 0.29) is 24.3 Å². The Morgan fingerprint density at radius 1 is 1.03 bits per heavy atom. The molecule has 0 aromatic heterocycles. The quantitative estimate of drug-likeness (QED) is 0.723. The number of hydrogen-bond donors (Lipinski definition) is 0. The zero-order valence-electron chi connectivity index (χ0n) is 19.6. The molecule has 2 saturated heterocycles. The molecule has 1 aromatic carbocycles. The standard InChI is InChI=1S/C24H36N4O3/c1-6-25(7-2)20(29)17-27-18-28(19-11-9-8-10-12-19)24(22(27)31)13-15-26(16-14-24)21(30)23(3,4)5/h8-12H,6-7,13-18H2,1-5H3. The molecule has 31 heavy (non-hydrogen) atoms. The molecule has 0 bridgehead atoms. The van der Waals surface area contributed by atoms with E-state index in [9.17, 15) is 14.4 Å². The average molecular weight is 429 g/mol. The number of carbonyl (C=O) groups excluding carboxylic acids is 3. The van der Waals surface area contributed by atoms with Crippen LogP contribution in [0, 0.1) is 5.41 Å². The van der Waals surface area contributed by atoms with Gasteiger partial charge in [0.2, 0.25) is 11.8 Å². The van der Waals surface area contributed by atoms with Crippen LogP contribution < -0.4 is 4.90 Å². The van der Waals surface area contributed by atoms with Crippen LogP contribution in [0.15, 0.2) is 30.3 Å². The molecule has 170 valence electrons. The third-order valence-electron chi connectivity index (χ3n) is 6.54. The van der Waals surface area contributed by atoms with Crippen LogP contribution in [0.3, 0.4) is 0 Å². The molecule has 0 unspecified atom stereocenters. The van der Waals surface area contributed by atoms with E-state index >= 15 is 0 Å². The van der Waals surface area contributed by atoms with Gasteiger partial charge in [-0.25, -0.2) is 0 Å². The first-order valence-electron chi connectivity index (χ1n) is 11.3. The van der Waals surface area contributed by atoms with E-state index < -0.39 is 11.0 Å². The van der Waals surface area contributed by atoms with Gasteiger partial charge in [-0.05, 0) is 38.8 Å². The molecule has 0 atom stereocenters. The maximum atomic E-state index is 13.7. The number of likely N-dealkylation sites (tertiary alicyclic amines) is 1. The highest BCUT2D eigenvalue weighted by Crippen LogP contribution is 2.40. The van der Waals surface area contributed by atoms with Crippen molar-refractivity contribution in [3.8, 4) is 0 Å². The third-order valence-corrected chi connectivity index (χ3v) is 6.54. The molecule has 0 saturated carbocycles. The normalized spacial score (nSPS) is 18.6. The Hall–Kier alpha value is -2.57. The summed E-state index contributed by atoms with van der Waals surface area (Å²) in [5.74, 6) is 0.0936. The molecule has 2 fully saturated rings. The number of hydrogen-bond acceptors (Lipinski definition) is 4. The average Bonchev–Trinajstić information content (AvgIpc) is 3.01. The van der Waals surface area contributed by atoms with Gasteiger partial charge in [-0.15, -0.1) is 0 Å². The van der Waals surface area contributed by atoms with Crippen molar-refractivity contribution in [3.63, 3.8) is 0 Å². The molecule has 2 aliphatic rings. The Morgan fingerprint density at radius 3 is 2.13 bits per heavy atom. The van der Waals surface area contributed by atoms with E-state index in [0.29, 0.717) is 45.7 Å². The lowest BCUT2D eigenvalue weighted by Crippen LogP contribution is -2.58. The van der Waals surface area contributed by atoms with Gasteiger partial charge in [0, 0.05) is 37.3 Å². The Morgan fingerprint density at radius 2 is 1.61 bits per heavy atom. The molecule has 2 heterocycles. The van der Waals surface area contributed by atoms with Crippen molar-refractivity contribution in [3.05, 3.63) is 30.3 Å². The van der Waals surface area contributed by atoms with Gasteiger partial charge in [-0.3, -0.25) is 14.4 Å². The number of para-hydroxylation sites is 1. The van der Waals surface area contributed by atoms with Gasteiger partial charge >= 0.3 is 0 Å². The Kier molecular flexibility index (Phi) is 6.62. The fraction of sp³-hybridized carbons (Fsp3) is 0.625. The molecule has 0 radical (unpaired) electrons. The van der Waals surface area contributed by atoms with Crippen molar-refractivity contribution in [1.82, 2.24) is 14.7 Å². The van der Waals surface area contributed by atoms with E-state index in [4.69, 9.17) is 0 Å². The third kappa shape index (κ3) is 4.41. The Balaban J connectivity index is 1.85. The van der Waals surface area contributed by atoms with E-state index in [0.717, 1.165) is 5.69 Å². The molecule has 1 aromatic rings. The number of amides is 3. The zero-order valence-corrected chi connectivity index (χ0v) is 19.6. The van der Waals surface area contributed by atoms with Crippen LogP contribution in [-0.2, 0) is 14.4 Å². The van der Waals surface area contributed by atoms with Gasteiger partial charge < -0.3 is 19.6 Å². The minimum absolute atomic E-state index is 0.000262. The van der Waals surface area contributed by atoms with Crippen molar-refractivity contribution in [2.45, 2.75) is 53.0 Å². The predicted molar refractivity (Wildman–Crippen MR) is 121 cm³/mol. The fourth-order valence-corrected chi connectivity index (χ4v) is 4.72. The smallest absolute Gasteiger partial charge is 0.250 e. The summed E-state index contributed by atoms with van der Waals surface area (Å²) < 4.78 is 0. The van der Waals surface area contributed by atoms with Crippen LogP contribution in [0.25, 0.3) is 0 Å². The summed E-state index contributed by atoms with van der Waals surface area (Å²) in [6, 6.07) is 9.92. The molecule has 7 nitrogen and oxygen atoms in total. The van der Waals surface area contributed by atoms with Crippen molar-refractivity contribution in [2.24, 2.45) is 5.41 Å². The number of benzene rings is 1. The lowest BCUT2D eigenvalue weighted by molar-refractivity contribution is -0.144. The summed E-state index contributed by atoms with van der Waals surface area (Å²) in [6.45, 7) is 12.5. The first kappa shape index (κ1) is 23.1. The first-order valence-corrected chi connectivity index (χ1v) is 11.3. The highest BCUT2D eigenvalue weighted by molar-refractivity contribution is 5.96. The highest BCUT2D eigenvalue weighted by Gasteiger charge is 2.54. The monoisotopic (exact) mass is 428 g/mol. The first-order chi connectivity index (χ1) is 14.6. The van der Waals surface area contributed by atoms with E-state index in [1.165, 1.54) is 0 Å². The second-order valence-corrected chi connectivity index (χ2v) is 9.55. The predicted octanol–water partition coefficient (Wildman–Crippen LogP) is 2.57. The summed E-state index contributed by atoms with van der Waals surface area (Å²) >= 11 is 0. The lowest BCUT2D eigenvalue weighted by Gasteiger charge is -2.44. The Bertz CT molecular complexity index is 806. The number of piperidine rings is 1. The maximum absolute atomic E-state index is 13.7. The largest absolute Gasteiger partial charge is 0.342 e. The number of rotatable bonds is 5. The lowest BCUT2D eigenvalue weighted by atomic mass is 9.84. The SMILES string of the molecule is CCN(CC)C(=O)CN1CN(c2ccccc2)C2(CCN(C(=O)C(C)(C)C)CC2)C1=O. The number of likely N-dealkylation sites (N-methyl/N-ethyl adjacent to an activating group) is 1.